The second-order valence-corrected chi connectivity index (χ2v) is 3.45. The van der Waals surface area contributed by atoms with E-state index in [1.54, 1.807) is 6.07 Å². The Kier molecular flexibility index (Phi) is 4.80. The van der Waals surface area contributed by atoms with E-state index in [0.717, 1.165) is 0 Å². The molecule has 0 spiro atoms. The molecule has 1 aromatic carbocycles. The molecular formula is C7H7NaO4S. The fourth-order valence-electron chi connectivity index (χ4n) is 0.723. The summed E-state index contributed by atoms with van der Waals surface area (Å²) in [5, 5.41) is -1.27. The molecule has 4 nitrogen and oxygen atoms in total. The molecule has 0 saturated carbocycles. The van der Waals surface area contributed by atoms with Crippen LogP contribution in [0.5, 0.6) is 0 Å². The van der Waals surface area contributed by atoms with Crippen molar-refractivity contribution in [1.82, 2.24) is 0 Å². The van der Waals surface area contributed by atoms with Crippen molar-refractivity contribution >= 4 is 15.2 Å². The maximum atomic E-state index is 10.8. The number of hydrogen-bond donors (Lipinski definition) is 1. The molecule has 1 N–H and O–H groups in total. The van der Waals surface area contributed by atoms with E-state index < -0.39 is 15.2 Å². The summed E-state index contributed by atoms with van der Waals surface area (Å²) in [4.78, 5) is 10.8. The van der Waals surface area contributed by atoms with Gasteiger partial charge in [-0.3, -0.25) is 9.35 Å². The molecule has 0 atom stereocenters. The Morgan fingerprint density at radius 1 is 1.23 bits per heavy atom. The molecule has 1 rings (SSSR count). The topological polar surface area (TPSA) is 71.4 Å². The van der Waals surface area contributed by atoms with Crippen molar-refractivity contribution < 1.29 is 48.7 Å². The minimum absolute atomic E-state index is 0. The third-order valence-electron chi connectivity index (χ3n) is 1.24. The second kappa shape index (κ2) is 4.88. The van der Waals surface area contributed by atoms with Gasteiger partial charge in [-0.2, -0.15) is 8.42 Å². The van der Waals surface area contributed by atoms with Gasteiger partial charge in [-0.05, 0) is 0 Å². The largest absolute Gasteiger partial charge is 1.00 e. The van der Waals surface area contributed by atoms with Gasteiger partial charge in [0.05, 0.1) is 0 Å². The fourth-order valence-corrected chi connectivity index (χ4v) is 1.16. The molecule has 0 aliphatic carbocycles. The predicted molar refractivity (Wildman–Crippen MR) is 43.4 cm³/mol. The van der Waals surface area contributed by atoms with Gasteiger partial charge in [0.1, 0.15) is 0 Å². The van der Waals surface area contributed by atoms with E-state index in [-0.39, 0.29) is 36.5 Å². The molecule has 0 aromatic heterocycles. The van der Waals surface area contributed by atoms with Gasteiger partial charge in [0.2, 0.25) is 0 Å². The smallest absolute Gasteiger partial charge is 1.00 e. The third kappa shape index (κ3) is 3.58. The summed E-state index contributed by atoms with van der Waals surface area (Å²) >= 11 is 0. The van der Waals surface area contributed by atoms with Crippen LogP contribution in [0.15, 0.2) is 30.3 Å². The van der Waals surface area contributed by atoms with Crippen LogP contribution in [0, 0.1) is 0 Å². The maximum Gasteiger partial charge on any atom is 1.00 e. The molecule has 66 valence electrons. The summed E-state index contributed by atoms with van der Waals surface area (Å²) in [5.41, 5.74) is -0.0417. The number of benzene rings is 1. The number of carbonyl (C=O) groups excluding carboxylic acids is 1. The summed E-state index contributed by atoms with van der Waals surface area (Å²) in [6, 6.07) is 7.30. The summed E-state index contributed by atoms with van der Waals surface area (Å²) in [6.45, 7) is 0. The van der Waals surface area contributed by atoms with E-state index in [1.165, 1.54) is 24.3 Å². The first kappa shape index (κ1) is 12.8. The molecule has 1 aromatic rings. The Labute approximate surface area is 99.5 Å². The van der Waals surface area contributed by atoms with E-state index in [1.807, 2.05) is 0 Å². The first-order valence-electron chi connectivity index (χ1n) is 3.08. The molecule has 0 fully saturated rings. The zero-order valence-corrected chi connectivity index (χ0v) is 9.78. The molecule has 0 bridgehead atoms. The number of hydrogen-bond acceptors (Lipinski definition) is 3. The Bertz CT molecular complexity index is 389. The molecule has 0 heterocycles. The quantitative estimate of drug-likeness (QED) is 0.423. The predicted octanol–water partition coefficient (Wildman–Crippen LogP) is -2.17. The number of carbonyl (C=O) groups is 1. The standard InChI is InChI=1S/C7H6O4S.Na.H/c8-7(12(9,10)11)6-4-2-1-3-5-6;;/h1-5H,(H,9,10,11);;/q;+1;-1. The molecule has 6 heteroatoms. The zero-order chi connectivity index (χ0) is 9.19. The van der Waals surface area contributed by atoms with Crippen molar-refractivity contribution in [2.75, 3.05) is 0 Å². The first-order valence-corrected chi connectivity index (χ1v) is 4.52. The summed E-state index contributed by atoms with van der Waals surface area (Å²) in [6.07, 6.45) is 0. The van der Waals surface area contributed by atoms with Gasteiger partial charge in [0.25, 0.3) is 0 Å². The van der Waals surface area contributed by atoms with Crippen LogP contribution >= 0.6 is 0 Å². The molecule has 0 unspecified atom stereocenters. The van der Waals surface area contributed by atoms with E-state index in [2.05, 4.69) is 0 Å². The maximum absolute atomic E-state index is 10.8. The molecule has 0 saturated heterocycles. The van der Waals surface area contributed by atoms with Crippen molar-refractivity contribution in [3.8, 4) is 0 Å². The van der Waals surface area contributed by atoms with E-state index in [0.29, 0.717) is 0 Å². The second-order valence-electron chi connectivity index (χ2n) is 2.13. The molecule has 0 radical (unpaired) electrons. The SMILES string of the molecule is O=C(c1ccccc1)S(=O)(=O)O.[H-].[Na+]. The Balaban J connectivity index is 0. The Morgan fingerprint density at radius 2 is 1.69 bits per heavy atom. The van der Waals surface area contributed by atoms with Crippen LogP contribution in [-0.2, 0) is 10.1 Å². The Morgan fingerprint density at radius 3 is 2.08 bits per heavy atom. The first-order chi connectivity index (χ1) is 5.52. The minimum Gasteiger partial charge on any atom is -1.00 e. The van der Waals surface area contributed by atoms with Gasteiger partial charge < -0.3 is 1.43 Å². The van der Waals surface area contributed by atoms with Gasteiger partial charge in [-0.15, -0.1) is 0 Å². The average molecular weight is 210 g/mol. The van der Waals surface area contributed by atoms with E-state index >= 15 is 0 Å². The van der Waals surface area contributed by atoms with Crippen LogP contribution in [0.1, 0.15) is 11.8 Å². The monoisotopic (exact) mass is 210 g/mol. The van der Waals surface area contributed by atoms with Crippen LogP contribution in [0.3, 0.4) is 0 Å². The van der Waals surface area contributed by atoms with Crippen LogP contribution in [0.4, 0.5) is 0 Å². The summed E-state index contributed by atoms with van der Waals surface area (Å²) < 4.78 is 29.0. The fraction of sp³-hybridized carbons (Fsp3) is 0. The van der Waals surface area contributed by atoms with Gasteiger partial charge >= 0.3 is 44.8 Å². The van der Waals surface area contributed by atoms with E-state index in [9.17, 15) is 13.2 Å². The van der Waals surface area contributed by atoms with Gasteiger partial charge in [-0.25, -0.2) is 0 Å². The minimum atomic E-state index is -4.59. The third-order valence-corrected chi connectivity index (χ3v) is 1.95. The molecule has 0 amide bonds. The normalized spacial score (nSPS) is 10.2. The van der Waals surface area contributed by atoms with Crippen LogP contribution in [0.25, 0.3) is 0 Å². The molecule has 0 aliphatic rings. The van der Waals surface area contributed by atoms with Crippen molar-refractivity contribution in [2.45, 2.75) is 0 Å². The van der Waals surface area contributed by atoms with E-state index in [4.69, 9.17) is 4.55 Å². The molecule has 0 aliphatic heterocycles. The van der Waals surface area contributed by atoms with Gasteiger partial charge in [0.15, 0.2) is 0 Å². The molecule has 13 heavy (non-hydrogen) atoms. The molecular weight excluding hydrogens is 203 g/mol. The zero-order valence-electron chi connectivity index (χ0n) is 7.97. The summed E-state index contributed by atoms with van der Waals surface area (Å²) in [5.74, 6) is 0. The number of rotatable bonds is 1. The van der Waals surface area contributed by atoms with Crippen molar-refractivity contribution in [2.24, 2.45) is 0 Å². The summed E-state index contributed by atoms with van der Waals surface area (Å²) in [7, 11) is -4.59. The van der Waals surface area contributed by atoms with Crippen molar-refractivity contribution in [3.05, 3.63) is 35.9 Å². The van der Waals surface area contributed by atoms with Crippen LogP contribution < -0.4 is 29.6 Å². The Hall–Kier alpha value is -0.200. The van der Waals surface area contributed by atoms with Crippen LogP contribution in [-0.4, -0.2) is 18.1 Å². The average Bonchev–Trinajstić information content (AvgIpc) is 2.03. The van der Waals surface area contributed by atoms with Crippen molar-refractivity contribution in [3.63, 3.8) is 0 Å². The van der Waals surface area contributed by atoms with Crippen LogP contribution in [0.2, 0.25) is 0 Å². The van der Waals surface area contributed by atoms with Crippen molar-refractivity contribution in [1.29, 1.82) is 0 Å². The van der Waals surface area contributed by atoms with Gasteiger partial charge in [-0.1, -0.05) is 30.3 Å². The van der Waals surface area contributed by atoms with Gasteiger partial charge in [0, 0.05) is 5.56 Å².